The zero-order valence-electron chi connectivity index (χ0n) is 10.3. The largest absolute Gasteiger partial charge is 0.361 e. The second kappa shape index (κ2) is 5.67. The van der Waals surface area contributed by atoms with E-state index in [0.717, 1.165) is 29.9 Å². The van der Waals surface area contributed by atoms with Gasteiger partial charge in [0.25, 0.3) is 0 Å². The van der Waals surface area contributed by atoms with E-state index in [4.69, 9.17) is 0 Å². The summed E-state index contributed by atoms with van der Waals surface area (Å²) in [5, 5.41) is 6.77. The Morgan fingerprint density at radius 3 is 2.94 bits per heavy atom. The zero-order valence-corrected chi connectivity index (χ0v) is 11.1. The van der Waals surface area contributed by atoms with E-state index in [-0.39, 0.29) is 0 Å². The highest BCUT2D eigenvalue weighted by Gasteiger charge is 2.20. The van der Waals surface area contributed by atoms with E-state index in [1.165, 1.54) is 31.4 Å². The van der Waals surface area contributed by atoms with Crippen LogP contribution in [-0.4, -0.2) is 11.5 Å². The maximum absolute atomic E-state index is 4.55. The second-order valence-corrected chi connectivity index (χ2v) is 5.76. The van der Waals surface area contributed by atoms with Gasteiger partial charge in [0.15, 0.2) is 5.13 Å². The lowest BCUT2D eigenvalue weighted by atomic mass is 9.80. The number of aromatic nitrogens is 1. The number of rotatable bonds is 4. The summed E-state index contributed by atoms with van der Waals surface area (Å²) in [5.41, 5.74) is 1.21. The van der Waals surface area contributed by atoms with Gasteiger partial charge in [-0.3, -0.25) is 0 Å². The second-order valence-electron chi connectivity index (χ2n) is 4.90. The molecule has 1 aromatic heterocycles. The maximum atomic E-state index is 4.55. The molecule has 0 aliphatic heterocycles. The van der Waals surface area contributed by atoms with E-state index in [2.05, 4.69) is 29.5 Å². The summed E-state index contributed by atoms with van der Waals surface area (Å²) in [5.74, 6) is 1.73. The van der Waals surface area contributed by atoms with Crippen LogP contribution in [0.4, 0.5) is 5.13 Å². The van der Waals surface area contributed by atoms with Crippen molar-refractivity contribution >= 4 is 16.5 Å². The third kappa shape index (κ3) is 2.97. The normalized spacial score (nSPS) is 25.6. The van der Waals surface area contributed by atoms with Gasteiger partial charge in [-0.2, -0.15) is 0 Å². The van der Waals surface area contributed by atoms with Crippen LogP contribution in [0.1, 0.15) is 45.2 Å². The summed E-state index contributed by atoms with van der Waals surface area (Å²) >= 11 is 1.74. The van der Waals surface area contributed by atoms with E-state index in [1.807, 2.05) is 0 Å². The minimum Gasteiger partial charge on any atom is -0.361 e. The van der Waals surface area contributed by atoms with Gasteiger partial charge in [-0.15, -0.1) is 11.3 Å². The van der Waals surface area contributed by atoms with Crippen LogP contribution in [0.3, 0.4) is 0 Å². The summed E-state index contributed by atoms with van der Waals surface area (Å²) in [6.45, 7) is 5.66. The standard InChI is InChI=1S/C13H22N2S/c1-3-12-9-16-13(15-12)14-8-11-7-5-4-6-10(11)2/h9-11H,3-8H2,1-2H3,(H,14,15). The van der Waals surface area contributed by atoms with Crippen molar-refractivity contribution in [3.63, 3.8) is 0 Å². The van der Waals surface area contributed by atoms with Gasteiger partial charge in [-0.1, -0.05) is 33.1 Å². The third-order valence-electron chi connectivity index (χ3n) is 3.72. The smallest absolute Gasteiger partial charge is 0.182 e. The molecule has 0 aromatic carbocycles. The SMILES string of the molecule is CCc1csc(NCC2CCCCC2C)n1. The Bertz CT molecular complexity index is 321. The van der Waals surface area contributed by atoms with Crippen LogP contribution in [0, 0.1) is 11.8 Å². The van der Waals surface area contributed by atoms with Crippen molar-refractivity contribution < 1.29 is 0 Å². The van der Waals surface area contributed by atoms with Crippen molar-refractivity contribution in [3.05, 3.63) is 11.1 Å². The summed E-state index contributed by atoms with van der Waals surface area (Å²) in [6.07, 6.45) is 6.67. The van der Waals surface area contributed by atoms with Gasteiger partial charge in [-0.25, -0.2) is 4.98 Å². The molecular weight excluding hydrogens is 216 g/mol. The van der Waals surface area contributed by atoms with Gasteiger partial charge in [0, 0.05) is 11.9 Å². The van der Waals surface area contributed by atoms with Gasteiger partial charge >= 0.3 is 0 Å². The summed E-state index contributed by atoms with van der Waals surface area (Å²) < 4.78 is 0. The lowest BCUT2D eigenvalue weighted by Crippen LogP contribution is -2.24. The molecule has 0 radical (unpaired) electrons. The van der Waals surface area contributed by atoms with Crippen LogP contribution in [-0.2, 0) is 6.42 Å². The van der Waals surface area contributed by atoms with Crippen molar-refractivity contribution in [3.8, 4) is 0 Å². The predicted octanol–water partition coefficient (Wildman–Crippen LogP) is 3.94. The van der Waals surface area contributed by atoms with Crippen LogP contribution in [0.5, 0.6) is 0 Å². The molecule has 0 bridgehead atoms. The number of hydrogen-bond acceptors (Lipinski definition) is 3. The molecule has 90 valence electrons. The molecule has 2 nitrogen and oxygen atoms in total. The fraction of sp³-hybridized carbons (Fsp3) is 0.769. The van der Waals surface area contributed by atoms with Crippen LogP contribution in [0.15, 0.2) is 5.38 Å². The highest BCUT2D eigenvalue weighted by Crippen LogP contribution is 2.30. The van der Waals surface area contributed by atoms with Gasteiger partial charge in [0.05, 0.1) is 5.69 Å². The van der Waals surface area contributed by atoms with Gasteiger partial charge in [0.2, 0.25) is 0 Å². The Kier molecular flexibility index (Phi) is 4.22. The van der Waals surface area contributed by atoms with Crippen molar-refractivity contribution in [1.82, 2.24) is 4.98 Å². The minimum atomic E-state index is 0.850. The summed E-state index contributed by atoms with van der Waals surface area (Å²) in [4.78, 5) is 4.55. The van der Waals surface area contributed by atoms with E-state index in [1.54, 1.807) is 11.3 Å². The lowest BCUT2D eigenvalue weighted by molar-refractivity contribution is 0.268. The average Bonchev–Trinajstić information content (AvgIpc) is 2.76. The number of hydrogen-bond donors (Lipinski definition) is 1. The number of thiazole rings is 1. The number of anilines is 1. The maximum Gasteiger partial charge on any atom is 0.182 e. The van der Waals surface area contributed by atoms with Gasteiger partial charge in [0.1, 0.15) is 0 Å². The van der Waals surface area contributed by atoms with Crippen LogP contribution in [0.2, 0.25) is 0 Å². The molecule has 1 fully saturated rings. The Hall–Kier alpha value is -0.570. The summed E-state index contributed by atoms with van der Waals surface area (Å²) in [6, 6.07) is 0. The molecule has 0 spiro atoms. The molecular formula is C13H22N2S. The topological polar surface area (TPSA) is 24.9 Å². The predicted molar refractivity (Wildman–Crippen MR) is 71.1 cm³/mol. The van der Waals surface area contributed by atoms with Gasteiger partial charge in [-0.05, 0) is 24.7 Å². The van der Waals surface area contributed by atoms with E-state index in [0.29, 0.717) is 0 Å². The fourth-order valence-corrected chi connectivity index (χ4v) is 3.27. The van der Waals surface area contributed by atoms with Crippen LogP contribution in [0.25, 0.3) is 0 Å². The first kappa shape index (κ1) is 11.9. The molecule has 1 saturated carbocycles. The lowest BCUT2D eigenvalue weighted by Gasteiger charge is -2.28. The first-order valence-electron chi connectivity index (χ1n) is 6.48. The van der Waals surface area contributed by atoms with Crippen molar-refractivity contribution in [1.29, 1.82) is 0 Å². The molecule has 1 aromatic rings. The molecule has 3 heteroatoms. The number of aryl methyl sites for hydroxylation is 1. The fourth-order valence-electron chi connectivity index (χ4n) is 2.47. The molecule has 2 atom stereocenters. The van der Waals surface area contributed by atoms with E-state index >= 15 is 0 Å². The average molecular weight is 238 g/mol. The number of nitrogens with one attached hydrogen (secondary N) is 1. The van der Waals surface area contributed by atoms with Crippen LogP contribution < -0.4 is 5.32 Å². The molecule has 1 heterocycles. The van der Waals surface area contributed by atoms with Crippen molar-refractivity contribution in [2.75, 3.05) is 11.9 Å². The summed E-state index contributed by atoms with van der Waals surface area (Å²) in [7, 11) is 0. The molecule has 2 unspecified atom stereocenters. The molecule has 2 rings (SSSR count). The first-order chi connectivity index (χ1) is 7.79. The van der Waals surface area contributed by atoms with Crippen molar-refractivity contribution in [2.45, 2.75) is 46.0 Å². The molecule has 1 aliphatic rings. The van der Waals surface area contributed by atoms with E-state index < -0.39 is 0 Å². The quantitative estimate of drug-likeness (QED) is 0.859. The highest BCUT2D eigenvalue weighted by molar-refractivity contribution is 7.13. The zero-order chi connectivity index (χ0) is 11.4. The van der Waals surface area contributed by atoms with Crippen LogP contribution >= 0.6 is 11.3 Å². The molecule has 1 aliphatic carbocycles. The Balaban J connectivity index is 1.81. The Morgan fingerprint density at radius 2 is 2.25 bits per heavy atom. The monoisotopic (exact) mass is 238 g/mol. The molecule has 16 heavy (non-hydrogen) atoms. The molecule has 1 N–H and O–H groups in total. The van der Waals surface area contributed by atoms with Gasteiger partial charge < -0.3 is 5.32 Å². The minimum absolute atomic E-state index is 0.850. The molecule has 0 saturated heterocycles. The third-order valence-corrected chi connectivity index (χ3v) is 4.57. The Labute approximate surface area is 102 Å². The van der Waals surface area contributed by atoms with E-state index in [9.17, 15) is 0 Å². The Morgan fingerprint density at radius 1 is 1.44 bits per heavy atom. The highest BCUT2D eigenvalue weighted by atomic mass is 32.1. The number of nitrogens with zero attached hydrogens (tertiary/aromatic N) is 1. The molecule has 0 amide bonds. The first-order valence-corrected chi connectivity index (χ1v) is 7.36. The van der Waals surface area contributed by atoms with Crippen molar-refractivity contribution in [2.24, 2.45) is 11.8 Å².